The normalized spacial score (nSPS) is 11.9. The number of imidazole rings is 1. The van der Waals surface area contributed by atoms with Crippen LogP contribution in [-0.4, -0.2) is 50.8 Å². The molecule has 0 radical (unpaired) electrons. The lowest BCUT2D eigenvalue weighted by Gasteiger charge is -2.12. The molecular formula is C21H15FN10O. The zero-order chi connectivity index (χ0) is 22.8. The molecule has 0 aliphatic rings. The molecule has 33 heavy (non-hydrogen) atoms. The molecule has 0 bridgehead atoms. The summed E-state index contributed by atoms with van der Waals surface area (Å²) >= 11 is 0. The standard InChI is InChI=1S/C21H15FN10O/c1-13(10-31-12-26-29-30-31)33-21-24-7-6-17(28-21)16-4-5-18-20(27-16)32(11-25-18)19-8-15(22)3-2-14(19)9-23/h2-8,11-13H,10H2,1H3/t13-/m0/s1. The van der Waals surface area contributed by atoms with E-state index in [9.17, 15) is 9.65 Å². The predicted molar refractivity (Wildman–Crippen MR) is 112 cm³/mol. The van der Waals surface area contributed by atoms with Crippen LogP contribution in [0.4, 0.5) is 4.39 Å². The molecule has 162 valence electrons. The Morgan fingerprint density at radius 1 is 1.09 bits per heavy atom. The number of hydrogen-bond donors (Lipinski definition) is 0. The molecule has 5 rings (SSSR count). The summed E-state index contributed by atoms with van der Waals surface area (Å²) in [5.74, 6) is -0.463. The van der Waals surface area contributed by atoms with Crippen molar-refractivity contribution in [2.45, 2.75) is 19.6 Å². The number of halogens is 1. The van der Waals surface area contributed by atoms with Gasteiger partial charge in [0.15, 0.2) is 5.65 Å². The molecule has 4 heterocycles. The molecule has 0 saturated heterocycles. The van der Waals surface area contributed by atoms with Crippen molar-refractivity contribution in [2.75, 3.05) is 0 Å². The fourth-order valence-corrected chi connectivity index (χ4v) is 3.30. The van der Waals surface area contributed by atoms with E-state index in [0.29, 0.717) is 40.3 Å². The first kappa shape index (κ1) is 20.1. The Morgan fingerprint density at radius 2 is 1.97 bits per heavy atom. The summed E-state index contributed by atoms with van der Waals surface area (Å²) < 4.78 is 22.8. The molecule has 0 amide bonds. The van der Waals surface area contributed by atoms with E-state index in [-0.39, 0.29) is 12.1 Å². The number of tetrazole rings is 1. The lowest BCUT2D eigenvalue weighted by atomic mass is 10.2. The van der Waals surface area contributed by atoms with Crippen LogP contribution in [0.25, 0.3) is 28.2 Å². The van der Waals surface area contributed by atoms with Crippen molar-refractivity contribution in [3.05, 3.63) is 66.6 Å². The van der Waals surface area contributed by atoms with Crippen LogP contribution in [0.15, 0.2) is 55.2 Å². The molecule has 0 spiro atoms. The maximum atomic E-state index is 13.9. The molecule has 4 aromatic heterocycles. The second-order valence-corrected chi connectivity index (χ2v) is 7.11. The molecule has 5 aromatic rings. The van der Waals surface area contributed by atoms with Crippen molar-refractivity contribution in [1.82, 2.24) is 44.7 Å². The number of benzene rings is 1. The van der Waals surface area contributed by atoms with Crippen molar-refractivity contribution >= 4 is 11.2 Å². The monoisotopic (exact) mass is 442 g/mol. The van der Waals surface area contributed by atoms with Gasteiger partial charge in [0.05, 0.1) is 29.2 Å². The lowest BCUT2D eigenvalue weighted by Crippen LogP contribution is -2.21. The molecule has 1 atom stereocenters. The van der Waals surface area contributed by atoms with Gasteiger partial charge in [-0.3, -0.25) is 4.57 Å². The third kappa shape index (κ3) is 4.07. The number of nitriles is 1. The van der Waals surface area contributed by atoms with Gasteiger partial charge in [0, 0.05) is 6.20 Å². The van der Waals surface area contributed by atoms with Gasteiger partial charge in [0.25, 0.3) is 0 Å². The van der Waals surface area contributed by atoms with E-state index in [2.05, 4.69) is 41.5 Å². The van der Waals surface area contributed by atoms with Gasteiger partial charge in [-0.05, 0) is 53.7 Å². The Balaban J connectivity index is 1.48. The maximum absolute atomic E-state index is 13.9. The topological polar surface area (TPSA) is 133 Å². The average molecular weight is 442 g/mol. The summed E-state index contributed by atoms with van der Waals surface area (Å²) in [6.07, 6.45) is 4.30. The van der Waals surface area contributed by atoms with Gasteiger partial charge < -0.3 is 4.74 Å². The number of nitrogens with zero attached hydrogens (tertiary/aromatic N) is 10. The molecule has 1 aromatic carbocycles. The van der Waals surface area contributed by atoms with Gasteiger partial charge in [-0.15, -0.1) is 5.10 Å². The summed E-state index contributed by atoms with van der Waals surface area (Å²) in [4.78, 5) is 17.6. The van der Waals surface area contributed by atoms with Gasteiger partial charge >= 0.3 is 6.01 Å². The quantitative estimate of drug-likeness (QED) is 0.388. The second kappa shape index (κ2) is 8.39. The predicted octanol–water partition coefficient (Wildman–Crippen LogP) is 2.34. The molecule has 0 unspecified atom stereocenters. The van der Waals surface area contributed by atoms with Crippen LogP contribution in [-0.2, 0) is 6.54 Å². The van der Waals surface area contributed by atoms with Gasteiger partial charge in [-0.1, -0.05) is 0 Å². The van der Waals surface area contributed by atoms with Gasteiger partial charge in [0.1, 0.15) is 36.2 Å². The third-order valence-corrected chi connectivity index (χ3v) is 4.77. The number of ether oxygens (including phenoxy) is 1. The van der Waals surface area contributed by atoms with Crippen LogP contribution in [0.1, 0.15) is 12.5 Å². The Hall–Kier alpha value is -4.79. The third-order valence-electron chi connectivity index (χ3n) is 4.77. The highest BCUT2D eigenvalue weighted by atomic mass is 19.1. The van der Waals surface area contributed by atoms with Crippen LogP contribution < -0.4 is 4.74 Å². The Bertz CT molecular complexity index is 1470. The number of hydrogen-bond acceptors (Lipinski definition) is 9. The van der Waals surface area contributed by atoms with Crippen LogP contribution >= 0.6 is 0 Å². The van der Waals surface area contributed by atoms with Gasteiger partial charge in [-0.2, -0.15) is 10.2 Å². The van der Waals surface area contributed by atoms with Crippen LogP contribution in [0.5, 0.6) is 6.01 Å². The highest BCUT2D eigenvalue weighted by Crippen LogP contribution is 2.24. The molecule has 0 aliphatic carbocycles. The molecule has 11 nitrogen and oxygen atoms in total. The number of aromatic nitrogens is 9. The fraction of sp³-hybridized carbons (Fsp3) is 0.143. The Labute approximate surface area is 186 Å². The van der Waals surface area contributed by atoms with E-state index in [1.807, 2.05) is 6.92 Å². The molecule has 0 N–H and O–H groups in total. The minimum Gasteiger partial charge on any atom is -0.458 e. The second-order valence-electron chi connectivity index (χ2n) is 7.11. The number of rotatable bonds is 6. The SMILES string of the molecule is C[C@@H](Cn1cnnn1)Oc1nccc(-c2ccc3ncn(-c4cc(F)ccc4C#N)c3n2)n1. The van der Waals surface area contributed by atoms with Gasteiger partial charge in [-0.25, -0.2) is 24.0 Å². The molecule has 0 saturated carbocycles. The summed E-state index contributed by atoms with van der Waals surface area (Å²) in [7, 11) is 0. The summed E-state index contributed by atoms with van der Waals surface area (Å²) in [5.41, 5.74) is 2.78. The van der Waals surface area contributed by atoms with Gasteiger partial charge in [0.2, 0.25) is 0 Å². The minimum atomic E-state index is -0.463. The lowest BCUT2D eigenvalue weighted by molar-refractivity contribution is 0.177. The number of pyridine rings is 1. The van der Waals surface area contributed by atoms with E-state index in [4.69, 9.17) is 4.74 Å². The van der Waals surface area contributed by atoms with E-state index in [1.165, 1.54) is 30.9 Å². The van der Waals surface area contributed by atoms with Crippen LogP contribution in [0, 0.1) is 17.1 Å². The highest BCUT2D eigenvalue weighted by molar-refractivity contribution is 5.77. The summed E-state index contributed by atoms with van der Waals surface area (Å²) in [5, 5.41) is 20.4. The molecular weight excluding hydrogens is 427 g/mol. The van der Waals surface area contributed by atoms with Crippen LogP contribution in [0.3, 0.4) is 0 Å². The number of fused-ring (bicyclic) bond motifs is 1. The molecule has 0 fully saturated rings. The van der Waals surface area contributed by atoms with Crippen molar-refractivity contribution in [3.63, 3.8) is 0 Å². The van der Waals surface area contributed by atoms with E-state index >= 15 is 0 Å². The Kier molecular flexibility index (Phi) is 5.12. The zero-order valence-corrected chi connectivity index (χ0v) is 17.2. The van der Waals surface area contributed by atoms with Crippen molar-refractivity contribution < 1.29 is 9.13 Å². The molecule has 12 heteroatoms. The van der Waals surface area contributed by atoms with Crippen LogP contribution in [0.2, 0.25) is 0 Å². The summed E-state index contributed by atoms with van der Waals surface area (Å²) in [6.45, 7) is 2.28. The first-order valence-corrected chi connectivity index (χ1v) is 9.85. The van der Waals surface area contributed by atoms with Crippen molar-refractivity contribution in [3.8, 4) is 29.2 Å². The Morgan fingerprint density at radius 3 is 2.79 bits per heavy atom. The van der Waals surface area contributed by atoms with E-state index in [0.717, 1.165) is 0 Å². The smallest absolute Gasteiger partial charge is 0.317 e. The molecule has 0 aliphatic heterocycles. The largest absolute Gasteiger partial charge is 0.458 e. The highest BCUT2D eigenvalue weighted by Gasteiger charge is 2.14. The zero-order valence-electron chi connectivity index (χ0n) is 17.2. The van der Waals surface area contributed by atoms with Crippen molar-refractivity contribution in [1.29, 1.82) is 5.26 Å². The first-order chi connectivity index (χ1) is 16.1. The minimum absolute atomic E-state index is 0.181. The average Bonchev–Trinajstić information content (AvgIpc) is 3.48. The van der Waals surface area contributed by atoms with Crippen molar-refractivity contribution in [2.24, 2.45) is 0 Å². The van der Waals surface area contributed by atoms with E-state index in [1.54, 1.807) is 33.6 Å². The summed E-state index contributed by atoms with van der Waals surface area (Å²) in [6, 6.07) is 11.4. The maximum Gasteiger partial charge on any atom is 0.317 e. The first-order valence-electron chi connectivity index (χ1n) is 9.85. The fourth-order valence-electron chi connectivity index (χ4n) is 3.30. The van der Waals surface area contributed by atoms with E-state index < -0.39 is 5.82 Å².